The third-order valence-electron chi connectivity index (χ3n) is 3.48. The fraction of sp³-hybridized carbons (Fsp3) is 0.600. The van der Waals surface area contributed by atoms with Crippen molar-refractivity contribution < 1.29 is 9.47 Å². The Bertz CT molecular complexity index is 405. The van der Waals surface area contributed by atoms with Crippen LogP contribution in [0.3, 0.4) is 0 Å². The van der Waals surface area contributed by atoms with Gasteiger partial charge in [0.15, 0.2) is 11.5 Å². The summed E-state index contributed by atoms with van der Waals surface area (Å²) in [6, 6.07) is 5.96. The summed E-state index contributed by atoms with van der Waals surface area (Å²) in [5.74, 6) is 1.51. The maximum Gasteiger partial charge on any atom is 0.162 e. The first-order chi connectivity index (χ1) is 8.93. The van der Waals surface area contributed by atoms with Gasteiger partial charge in [-0.1, -0.05) is 13.8 Å². The van der Waals surface area contributed by atoms with Crippen molar-refractivity contribution in [2.75, 3.05) is 39.3 Å². The van der Waals surface area contributed by atoms with Gasteiger partial charge in [0, 0.05) is 25.3 Å². The highest BCUT2D eigenvalue weighted by Gasteiger charge is 2.16. The van der Waals surface area contributed by atoms with Gasteiger partial charge in [-0.2, -0.15) is 0 Å². The van der Waals surface area contributed by atoms with Gasteiger partial charge in [0.2, 0.25) is 0 Å². The SMILES string of the molecule is COc1ccc(N(C)CCC(C)(C)CN)cc1OC. The van der Waals surface area contributed by atoms with Crippen LogP contribution in [0, 0.1) is 5.41 Å². The van der Waals surface area contributed by atoms with E-state index in [-0.39, 0.29) is 5.41 Å². The second-order valence-electron chi connectivity index (χ2n) is 5.58. The van der Waals surface area contributed by atoms with E-state index >= 15 is 0 Å². The lowest BCUT2D eigenvalue weighted by Crippen LogP contribution is -2.29. The number of ether oxygens (including phenoxy) is 2. The van der Waals surface area contributed by atoms with Crippen LogP contribution in [0.2, 0.25) is 0 Å². The number of anilines is 1. The maximum atomic E-state index is 5.76. The number of nitrogens with zero attached hydrogens (tertiary/aromatic N) is 1. The van der Waals surface area contributed by atoms with Crippen molar-refractivity contribution in [2.24, 2.45) is 11.1 Å². The molecule has 108 valence electrons. The molecule has 1 aromatic rings. The van der Waals surface area contributed by atoms with Gasteiger partial charge in [-0.05, 0) is 30.5 Å². The summed E-state index contributed by atoms with van der Waals surface area (Å²) in [6.45, 7) is 6.04. The summed E-state index contributed by atoms with van der Waals surface area (Å²) >= 11 is 0. The van der Waals surface area contributed by atoms with E-state index < -0.39 is 0 Å². The smallest absolute Gasteiger partial charge is 0.162 e. The van der Waals surface area contributed by atoms with Crippen LogP contribution in [0.15, 0.2) is 18.2 Å². The zero-order valence-corrected chi connectivity index (χ0v) is 12.7. The Morgan fingerprint density at radius 1 is 1.16 bits per heavy atom. The molecule has 0 heterocycles. The molecular formula is C15H26N2O2. The highest BCUT2D eigenvalue weighted by atomic mass is 16.5. The van der Waals surface area contributed by atoms with E-state index in [0.29, 0.717) is 6.54 Å². The van der Waals surface area contributed by atoms with Crippen molar-refractivity contribution in [1.82, 2.24) is 0 Å². The van der Waals surface area contributed by atoms with Crippen molar-refractivity contribution in [3.05, 3.63) is 18.2 Å². The van der Waals surface area contributed by atoms with E-state index in [2.05, 4.69) is 25.8 Å². The lowest BCUT2D eigenvalue weighted by molar-refractivity contribution is 0.350. The molecule has 0 radical (unpaired) electrons. The lowest BCUT2D eigenvalue weighted by Gasteiger charge is -2.27. The van der Waals surface area contributed by atoms with E-state index in [9.17, 15) is 0 Å². The minimum atomic E-state index is 0.171. The fourth-order valence-electron chi connectivity index (χ4n) is 1.76. The summed E-state index contributed by atoms with van der Waals surface area (Å²) in [7, 11) is 5.37. The van der Waals surface area contributed by atoms with Crippen molar-refractivity contribution in [2.45, 2.75) is 20.3 Å². The van der Waals surface area contributed by atoms with Gasteiger partial charge in [0.1, 0.15) is 0 Å². The van der Waals surface area contributed by atoms with Crippen LogP contribution in [0.25, 0.3) is 0 Å². The number of rotatable bonds is 7. The Kier molecular flexibility index (Phi) is 5.48. The quantitative estimate of drug-likeness (QED) is 0.824. The largest absolute Gasteiger partial charge is 0.493 e. The zero-order valence-electron chi connectivity index (χ0n) is 12.7. The summed E-state index contributed by atoms with van der Waals surface area (Å²) < 4.78 is 10.6. The van der Waals surface area contributed by atoms with Crippen molar-refractivity contribution in [3.8, 4) is 11.5 Å². The summed E-state index contributed by atoms with van der Waals surface area (Å²) in [4.78, 5) is 2.21. The molecular weight excluding hydrogens is 240 g/mol. The Hall–Kier alpha value is -1.42. The Balaban J connectivity index is 2.74. The van der Waals surface area contributed by atoms with E-state index in [1.165, 1.54) is 0 Å². The lowest BCUT2D eigenvalue weighted by atomic mass is 9.89. The number of benzene rings is 1. The van der Waals surface area contributed by atoms with Gasteiger partial charge in [-0.25, -0.2) is 0 Å². The topological polar surface area (TPSA) is 47.7 Å². The van der Waals surface area contributed by atoms with E-state index in [1.54, 1.807) is 14.2 Å². The normalized spacial score (nSPS) is 11.3. The van der Waals surface area contributed by atoms with Gasteiger partial charge in [0.05, 0.1) is 14.2 Å². The standard InChI is InChI=1S/C15H26N2O2/c1-15(2,11-16)8-9-17(3)12-6-7-13(18-4)14(10-12)19-5/h6-7,10H,8-9,11,16H2,1-5H3. The second kappa shape index (κ2) is 6.66. The van der Waals surface area contributed by atoms with Crippen molar-refractivity contribution in [1.29, 1.82) is 0 Å². The molecule has 0 aliphatic rings. The minimum Gasteiger partial charge on any atom is -0.493 e. The molecule has 0 aromatic heterocycles. The van der Waals surface area contributed by atoms with Crippen LogP contribution in [0.4, 0.5) is 5.69 Å². The summed E-state index contributed by atoms with van der Waals surface area (Å²) in [5, 5.41) is 0. The van der Waals surface area contributed by atoms with Crippen LogP contribution in [-0.2, 0) is 0 Å². The highest BCUT2D eigenvalue weighted by Crippen LogP contribution is 2.31. The zero-order chi connectivity index (χ0) is 14.5. The molecule has 0 bridgehead atoms. The Morgan fingerprint density at radius 3 is 2.32 bits per heavy atom. The van der Waals surface area contributed by atoms with E-state index in [4.69, 9.17) is 15.2 Å². The van der Waals surface area contributed by atoms with Crippen molar-refractivity contribution >= 4 is 5.69 Å². The molecule has 0 atom stereocenters. The van der Waals surface area contributed by atoms with Crippen LogP contribution in [0.1, 0.15) is 20.3 Å². The van der Waals surface area contributed by atoms with Crippen LogP contribution < -0.4 is 20.1 Å². The number of methoxy groups -OCH3 is 2. The molecule has 4 nitrogen and oxygen atoms in total. The number of nitrogens with two attached hydrogens (primary N) is 1. The minimum absolute atomic E-state index is 0.171. The van der Waals surface area contributed by atoms with E-state index in [0.717, 1.165) is 30.2 Å². The predicted octanol–water partition coefficient (Wildman–Crippen LogP) is 2.52. The van der Waals surface area contributed by atoms with Gasteiger partial charge in [-0.3, -0.25) is 0 Å². The fourth-order valence-corrected chi connectivity index (χ4v) is 1.76. The summed E-state index contributed by atoms with van der Waals surface area (Å²) in [5.41, 5.74) is 7.05. The molecule has 0 fully saturated rings. The molecule has 2 N–H and O–H groups in total. The molecule has 0 spiro atoms. The van der Waals surface area contributed by atoms with Crippen LogP contribution in [0.5, 0.6) is 11.5 Å². The molecule has 0 aliphatic heterocycles. The summed E-state index contributed by atoms with van der Waals surface area (Å²) in [6.07, 6.45) is 1.05. The van der Waals surface area contributed by atoms with Gasteiger partial charge in [-0.15, -0.1) is 0 Å². The molecule has 1 rings (SSSR count). The number of hydrogen-bond acceptors (Lipinski definition) is 4. The Morgan fingerprint density at radius 2 is 1.79 bits per heavy atom. The van der Waals surface area contributed by atoms with Crippen LogP contribution >= 0.6 is 0 Å². The average Bonchev–Trinajstić information content (AvgIpc) is 2.44. The molecule has 0 saturated heterocycles. The molecule has 0 saturated carbocycles. The van der Waals surface area contributed by atoms with Gasteiger partial charge < -0.3 is 20.1 Å². The second-order valence-corrected chi connectivity index (χ2v) is 5.58. The first-order valence-corrected chi connectivity index (χ1v) is 6.57. The molecule has 1 aromatic carbocycles. The van der Waals surface area contributed by atoms with Crippen LogP contribution in [-0.4, -0.2) is 34.4 Å². The highest BCUT2D eigenvalue weighted by molar-refractivity contribution is 5.56. The molecule has 0 aliphatic carbocycles. The van der Waals surface area contributed by atoms with Gasteiger partial charge >= 0.3 is 0 Å². The average molecular weight is 266 g/mol. The monoisotopic (exact) mass is 266 g/mol. The third kappa shape index (κ3) is 4.31. The van der Waals surface area contributed by atoms with Gasteiger partial charge in [0.25, 0.3) is 0 Å². The van der Waals surface area contributed by atoms with Crippen molar-refractivity contribution in [3.63, 3.8) is 0 Å². The third-order valence-corrected chi connectivity index (χ3v) is 3.48. The predicted molar refractivity (Wildman–Crippen MR) is 80.3 cm³/mol. The molecule has 0 unspecified atom stereocenters. The first kappa shape index (κ1) is 15.6. The Labute approximate surface area is 116 Å². The molecule has 0 amide bonds. The number of hydrogen-bond donors (Lipinski definition) is 1. The first-order valence-electron chi connectivity index (χ1n) is 6.57. The molecule has 4 heteroatoms. The maximum absolute atomic E-state index is 5.76. The van der Waals surface area contributed by atoms with E-state index in [1.807, 2.05) is 18.2 Å². The molecule has 19 heavy (non-hydrogen) atoms.